The highest BCUT2D eigenvalue weighted by atomic mass is 16.5. The molecule has 0 aliphatic heterocycles. The molecule has 0 atom stereocenters. The molecule has 0 bridgehead atoms. The van der Waals surface area contributed by atoms with E-state index in [4.69, 9.17) is 9.47 Å². The first-order chi connectivity index (χ1) is 14.5. The van der Waals surface area contributed by atoms with Gasteiger partial charge in [0.1, 0.15) is 11.5 Å². The predicted octanol–water partition coefficient (Wildman–Crippen LogP) is 3.06. The smallest absolute Gasteiger partial charge is 0.258 e. The molecule has 0 aliphatic rings. The molecule has 0 spiro atoms. The summed E-state index contributed by atoms with van der Waals surface area (Å²) in [6.45, 7) is 4.77. The third-order valence-electron chi connectivity index (χ3n) is 4.87. The average Bonchev–Trinajstić information content (AvgIpc) is 3.03. The summed E-state index contributed by atoms with van der Waals surface area (Å²) >= 11 is 0. The quantitative estimate of drug-likeness (QED) is 0.551. The van der Waals surface area contributed by atoms with Gasteiger partial charge < -0.3 is 14.8 Å². The Hall–Kier alpha value is -3.61. The van der Waals surface area contributed by atoms with Crippen LogP contribution in [0.1, 0.15) is 32.9 Å². The van der Waals surface area contributed by atoms with Crippen molar-refractivity contribution in [2.24, 2.45) is 0 Å². The van der Waals surface area contributed by atoms with Crippen LogP contribution in [0, 0.1) is 13.8 Å². The Morgan fingerprint density at radius 1 is 1.17 bits per heavy atom. The SMILES string of the molecule is COc1ccc(OCC(=O)NCc2c(C)nn(Cc3ccccc3)c2C)c(C=O)c1. The van der Waals surface area contributed by atoms with Crippen molar-refractivity contribution in [3.05, 3.63) is 76.6 Å². The minimum atomic E-state index is -0.280. The van der Waals surface area contributed by atoms with E-state index >= 15 is 0 Å². The molecule has 0 aliphatic carbocycles. The van der Waals surface area contributed by atoms with Crippen LogP contribution in [0.2, 0.25) is 0 Å². The zero-order chi connectivity index (χ0) is 21.5. The fourth-order valence-corrected chi connectivity index (χ4v) is 3.16. The lowest BCUT2D eigenvalue weighted by Gasteiger charge is -2.10. The van der Waals surface area contributed by atoms with E-state index in [1.54, 1.807) is 18.2 Å². The Morgan fingerprint density at radius 3 is 2.63 bits per heavy atom. The highest BCUT2D eigenvalue weighted by molar-refractivity contribution is 5.81. The lowest BCUT2D eigenvalue weighted by atomic mass is 10.2. The van der Waals surface area contributed by atoms with Crippen molar-refractivity contribution in [3.63, 3.8) is 0 Å². The highest BCUT2D eigenvalue weighted by Crippen LogP contribution is 2.22. The van der Waals surface area contributed by atoms with E-state index in [-0.39, 0.29) is 12.5 Å². The molecule has 3 aromatic rings. The highest BCUT2D eigenvalue weighted by Gasteiger charge is 2.14. The standard InChI is InChI=1S/C23H25N3O4/c1-16-21(17(2)26(25-16)13-18-7-5-4-6-8-18)12-24-23(28)15-30-22-10-9-20(29-3)11-19(22)14-27/h4-11,14H,12-13,15H2,1-3H3,(H,24,28). The molecule has 156 valence electrons. The summed E-state index contributed by atoms with van der Waals surface area (Å²) in [5.41, 5.74) is 4.37. The molecule has 1 aromatic heterocycles. The van der Waals surface area contributed by atoms with Crippen LogP contribution in [0.15, 0.2) is 48.5 Å². The van der Waals surface area contributed by atoms with Crippen LogP contribution < -0.4 is 14.8 Å². The maximum absolute atomic E-state index is 12.3. The summed E-state index contributed by atoms with van der Waals surface area (Å²) in [7, 11) is 1.52. The molecule has 0 fully saturated rings. The first-order valence-corrected chi connectivity index (χ1v) is 9.61. The second kappa shape index (κ2) is 9.73. The van der Waals surface area contributed by atoms with Gasteiger partial charge in [-0.15, -0.1) is 0 Å². The van der Waals surface area contributed by atoms with Gasteiger partial charge in [0.05, 0.1) is 24.9 Å². The molecule has 0 saturated carbocycles. The fourth-order valence-electron chi connectivity index (χ4n) is 3.16. The lowest BCUT2D eigenvalue weighted by molar-refractivity contribution is -0.123. The van der Waals surface area contributed by atoms with Gasteiger partial charge in [-0.05, 0) is 37.6 Å². The van der Waals surface area contributed by atoms with Crippen LogP contribution in [0.25, 0.3) is 0 Å². The van der Waals surface area contributed by atoms with Gasteiger partial charge in [-0.2, -0.15) is 5.10 Å². The molecule has 3 rings (SSSR count). The Bertz CT molecular complexity index is 1030. The number of hydrogen-bond donors (Lipinski definition) is 1. The minimum Gasteiger partial charge on any atom is -0.497 e. The molecular weight excluding hydrogens is 382 g/mol. The lowest BCUT2D eigenvalue weighted by Crippen LogP contribution is -2.29. The minimum absolute atomic E-state index is 0.191. The van der Waals surface area contributed by atoms with Crippen LogP contribution in [0.4, 0.5) is 0 Å². The van der Waals surface area contributed by atoms with Crippen molar-refractivity contribution in [1.29, 1.82) is 0 Å². The Kier molecular flexibility index (Phi) is 6.85. The number of aromatic nitrogens is 2. The van der Waals surface area contributed by atoms with Crippen molar-refractivity contribution in [2.45, 2.75) is 26.9 Å². The van der Waals surface area contributed by atoms with Gasteiger partial charge in [-0.25, -0.2) is 0 Å². The van der Waals surface area contributed by atoms with E-state index in [0.29, 0.717) is 36.4 Å². The van der Waals surface area contributed by atoms with Gasteiger partial charge in [0, 0.05) is 17.8 Å². The molecular formula is C23H25N3O4. The third kappa shape index (κ3) is 5.05. The molecule has 0 saturated heterocycles. The summed E-state index contributed by atoms with van der Waals surface area (Å²) in [5.74, 6) is 0.605. The number of carbonyl (C=O) groups is 2. The number of hydrogen-bond acceptors (Lipinski definition) is 5. The van der Waals surface area contributed by atoms with Gasteiger partial charge in [0.2, 0.25) is 0 Å². The van der Waals surface area contributed by atoms with E-state index in [1.165, 1.54) is 7.11 Å². The monoisotopic (exact) mass is 407 g/mol. The molecule has 7 nitrogen and oxygen atoms in total. The zero-order valence-corrected chi connectivity index (χ0v) is 17.3. The number of ether oxygens (including phenoxy) is 2. The number of aryl methyl sites for hydroxylation is 1. The van der Waals surface area contributed by atoms with Crippen LogP contribution in [0.3, 0.4) is 0 Å². The van der Waals surface area contributed by atoms with Crippen LogP contribution in [-0.2, 0) is 17.9 Å². The molecule has 0 radical (unpaired) electrons. The molecule has 30 heavy (non-hydrogen) atoms. The summed E-state index contributed by atoms with van der Waals surface area (Å²) < 4.78 is 12.5. The number of rotatable bonds is 9. The van der Waals surface area contributed by atoms with E-state index in [0.717, 1.165) is 22.5 Å². The molecule has 2 aromatic carbocycles. The number of benzene rings is 2. The Morgan fingerprint density at radius 2 is 1.93 bits per heavy atom. The predicted molar refractivity (Wildman–Crippen MR) is 113 cm³/mol. The largest absolute Gasteiger partial charge is 0.497 e. The molecule has 1 heterocycles. The molecule has 1 amide bonds. The van der Waals surface area contributed by atoms with Gasteiger partial charge in [-0.3, -0.25) is 14.3 Å². The number of amides is 1. The fraction of sp³-hybridized carbons (Fsp3) is 0.261. The van der Waals surface area contributed by atoms with Crippen LogP contribution >= 0.6 is 0 Å². The topological polar surface area (TPSA) is 82.4 Å². The van der Waals surface area contributed by atoms with Gasteiger partial charge in [0.15, 0.2) is 12.9 Å². The van der Waals surface area contributed by atoms with Crippen LogP contribution in [-0.4, -0.2) is 35.7 Å². The number of aldehydes is 1. The maximum atomic E-state index is 12.3. The number of nitrogens with zero attached hydrogens (tertiary/aromatic N) is 2. The number of carbonyl (C=O) groups excluding carboxylic acids is 2. The second-order valence-electron chi connectivity index (χ2n) is 6.88. The summed E-state index contributed by atoms with van der Waals surface area (Å²) in [5, 5.41) is 7.46. The second-order valence-corrected chi connectivity index (χ2v) is 6.88. The Labute approximate surface area is 175 Å². The Balaban J connectivity index is 1.58. The van der Waals surface area contributed by atoms with Crippen molar-refractivity contribution < 1.29 is 19.1 Å². The molecule has 7 heteroatoms. The van der Waals surface area contributed by atoms with Crippen molar-refractivity contribution in [1.82, 2.24) is 15.1 Å². The average molecular weight is 407 g/mol. The number of nitrogens with one attached hydrogen (secondary N) is 1. The van der Waals surface area contributed by atoms with Gasteiger partial charge in [0.25, 0.3) is 5.91 Å². The summed E-state index contributed by atoms with van der Waals surface area (Å²) in [4.78, 5) is 23.5. The third-order valence-corrected chi connectivity index (χ3v) is 4.87. The van der Waals surface area contributed by atoms with Gasteiger partial charge >= 0.3 is 0 Å². The maximum Gasteiger partial charge on any atom is 0.258 e. The van der Waals surface area contributed by atoms with Crippen molar-refractivity contribution in [2.75, 3.05) is 13.7 Å². The molecule has 0 unspecified atom stereocenters. The van der Waals surface area contributed by atoms with E-state index in [2.05, 4.69) is 22.5 Å². The van der Waals surface area contributed by atoms with Crippen molar-refractivity contribution in [3.8, 4) is 11.5 Å². The van der Waals surface area contributed by atoms with Crippen LogP contribution in [0.5, 0.6) is 11.5 Å². The van der Waals surface area contributed by atoms with Crippen molar-refractivity contribution >= 4 is 12.2 Å². The molecule has 1 N–H and O–H groups in total. The summed E-state index contributed by atoms with van der Waals surface area (Å²) in [6.07, 6.45) is 0.670. The zero-order valence-electron chi connectivity index (χ0n) is 17.3. The number of methoxy groups -OCH3 is 1. The summed E-state index contributed by atoms with van der Waals surface area (Å²) in [6, 6.07) is 14.9. The first-order valence-electron chi connectivity index (χ1n) is 9.61. The van der Waals surface area contributed by atoms with E-state index < -0.39 is 0 Å². The van der Waals surface area contributed by atoms with E-state index in [9.17, 15) is 9.59 Å². The van der Waals surface area contributed by atoms with Gasteiger partial charge in [-0.1, -0.05) is 30.3 Å². The van der Waals surface area contributed by atoms with E-state index in [1.807, 2.05) is 36.7 Å². The first kappa shape index (κ1) is 21.1. The normalized spacial score (nSPS) is 10.5.